The summed E-state index contributed by atoms with van der Waals surface area (Å²) >= 11 is 1.57. The smallest absolute Gasteiger partial charge is 0.279 e. The van der Waals surface area contributed by atoms with Crippen molar-refractivity contribution in [1.82, 2.24) is 15.0 Å². The van der Waals surface area contributed by atoms with Crippen molar-refractivity contribution in [3.05, 3.63) is 50.1 Å². The Morgan fingerprint density at radius 3 is 2.59 bits per heavy atom. The van der Waals surface area contributed by atoms with Gasteiger partial charge in [0.25, 0.3) is 5.56 Å². The minimum Gasteiger partial charge on any atom is -0.324 e. The molecule has 3 aromatic rings. The first-order chi connectivity index (χ1) is 14.0. The molecule has 29 heavy (non-hydrogen) atoms. The lowest BCUT2D eigenvalue weighted by atomic mass is 9.97. The molecule has 6 nitrogen and oxygen atoms in total. The number of thiophene rings is 1. The number of hydrogen-bond donors (Lipinski definition) is 1. The number of benzene rings is 1. The summed E-state index contributed by atoms with van der Waals surface area (Å²) in [5.74, 6) is -0.250. The van der Waals surface area contributed by atoms with Crippen molar-refractivity contribution < 1.29 is 4.79 Å². The number of aryl methyl sites for hydroxylation is 4. The molecule has 0 unspecified atom stereocenters. The minimum atomic E-state index is -0.742. The predicted molar refractivity (Wildman–Crippen MR) is 117 cm³/mol. The van der Waals surface area contributed by atoms with Gasteiger partial charge in [0.1, 0.15) is 6.04 Å². The van der Waals surface area contributed by atoms with Gasteiger partial charge in [-0.05, 0) is 62.1 Å². The fourth-order valence-electron chi connectivity index (χ4n) is 4.08. The number of carbonyl (C=O) groups is 1. The lowest BCUT2D eigenvalue weighted by molar-refractivity contribution is -0.119. The van der Waals surface area contributed by atoms with Gasteiger partial charge in [0.15, 0.2) is 4.83 Å². The molecule has 1 N–H and O–H groups in total. The summed E-state index contributed by atoms with van der Waals surface area (Å²) in [6.45, 7) is 5.84. The number of fused-ring (bicyclic) bond motifs is 3. The number of nitrogens with zero attached hydrogens (tertiary/aromatic N) is 3. The van der Waals surface area contributed by atoms with Gasteiger partial charge in [-0.15, -0.1) is 16.4 Å². The van der Waals surface area contributed by atoms with E-state index in [1.165, 1.54) is 9.56 Å². The van der Waals surface area contributed by atoms with Crippen molar-refractivity contribution in [3.8, 4) is 0 Å². The van der Waals surface area contributed by atoms with Gasteiger partial charge in [0, 0.05) is 10.6 Å². The highest BCUT2D eigenvalue weighted by atomic mass is 32.1. The topological polar surface area (TPSA) is 76.9 Å². The van der Waals surface area contributed by atoms with Crippen molar-refractivity contribution >= 4 is 33.1 Å². The molecule has 7 heteroatoms. The molecule has 0 saturated carbocycles. The molecule has 152 valence electrons. The van der Waals surface area contributed by atoms with E-state index < -0.39 is 6.04 Å². The molecule has 0 saturated heterocycles. The van der Waals surface area contributed by atoms with E-state index >= 15 is 0 Å². The molecule has 4 rings (SSSR count). The zero-order valence-corrected chi connectivity index (χ0v) is 17.9. The Hall–Kier alpha value is -2.54. The van der Waals surface area contributed by atoms with Crippen molar-refractivity contribution in [2.24, 2.45) is 0 Å². The summed E-state index contributed by atoms with van der Waals surface area (Å²) in [6.07, 6.45) is 5.79. The molecule has 1 aliphatic carbocycles. The molecular formula is C22H26N4O2S. The molecule has 0 fully saturated rings. The van der Waals surface area contributed by atoms with Gasteiger partial charge in [-0.1, -0.05) is 37.3 Å². The van der Waals surface area contributed by atoms with Gasteiger partial charge >= 0.3 is 0 Å². The van der Waals surface area contributed by atoms with Gasteiger partial charge < -0.3 is 5.32 Å². The highest BCUT2D eigenvalue weighted by Crippen LogP contribution is 2.33. The first-order valence-corrected chi connectivity index (χ1v) is 11.2. The van der Waals surface area contributed by atoms with Crippen LogP contribution in [0.2, 0.25) is 0 Å². The second kappa shape index (κ2) is 8.06. The molecule has 1 atom stereocenters. The zero-order chi connectivity index (χ0) is 20.5. The number of rotatable bonds is 5. The standard InChI is InChI=1S/C22H26N4O2S/c1-4-14-9-8-10-15(5-2)19(14)23-20(27)13(3)26-22(28)18-16-11-6-7-12-17(16)29-21(18)24-25-26/h8-10,13H,4-7,11-12H2,1-3H3,(H,23,27)/t13-/m0/s1. The van der Waals surface area contributed by atoms with Crippen LogP contribution >= 0.6 is 11.3 Å². The average molecular weight is 411 g/mol. The maximum absolute atomic E-state index is 13.2. The van der Waals surface area contributed by atoms with E-state index in [2.05, 4.69) is 29.5 Å². The van der Waals surface area contributed by atoms with Crippen molar-refractivity contribution in [2.45, 2.75) is 65.3 Å². The fourth-order valence-corrected chi connectivity index (χ4v) is 5.28. The maximum atomic E-state index is 13.2. The van der Waals surface area contributed by atoms with E-state index in [4.69, 9.17) is 0 Å². The van der Waals surface area contributed by atoms with Gasteiger partial charge in [-0.2, -0.15) is 4.68 Å². The summed E-state index contributed by atoms with van der Waals surface area (Å²) in [5, 5.41) is 12.1. The van der Waals surface area contributed by atoms with Crippen molar-refractivity contribution in [3.63, 3.8) is 0 Å². The normalized spacial score (nSPS) is 14.6. The van der Waals surface area contributed by atoms with E-state index in [9.17, 15) is 9.59 Å². The molecule has 0 aliphatic heterocycles. The van der Waals surface area contributed by atoms with Gasteiger partial charge in [-0.3, -0.25) is 9.59 Å². The number of para-hydroxylation sites is 1. The predicted octanol–water partition coefficient (Wildman–Crippen LogP) is 4.06. The molecule has 2 aromatic heterocycles. The SMILES string of the molecule is CCc1cccc(CC)c1NC(=O)[C@H](C)n1nnc2sc3c(c2c1=O)CCCC3. The van der Waals surface area contributed by atoms with Gasteiger partial charge in [-0.25, -0.2) is 0 Å². The third-order valence-corrected chi connectivity index (χ3v) is 6.98. The first-order valence-electron chi connectivity index (χ1n) is 10.4. The monoisotopic (exact) mass is 410 g/mol. The number of anilines is 1. The molecule has 0 radical (unpaired) electrons. The fraction of sp³-hybridized carbons (Fsp3) is 0.455. The van der Waals surface area contributed by atoms with E-state index in [1.807, 2.05) is 18.2 Å². The summed E-state index contributed by atoms with van der Waals surface area (Å²) in [4.78, 5) is 28.2. The first kappa shape index (κ1) is 19.8. The van der Waals surface area contributed by atoms with Crippen LogP contribution in [-0.4, -0.2) is 20.9 Å². The van der Waals surface area contributed by atoms with E-state index in [1.54, 1.807) is 18.3 Å². The van der Waals surface area contributed by atoms with Crippen LogP contribution in [0.4, 0.5) is 5.69 Å². The number of carbonyl (C=O) groups excluding carboxylic acids is 1. The second-order valence-electron chi connectivity index (χ2n) is 7.55. The lowest BCUT2D eigenvalue weighted by Gasteiger charge is -2.18. The Morgan fingerprint density at radius 2 is 1.90 bits per heavy atom. The van der Waals surface area contributed by atoms with E-state index in [0.717, 1.165) is 60.9 Å². The van der Waals surface area contributed by atoms with Crippen molar-refractivity contribution in [1.29, 1.82) is 0 Å². The Labute approximate surface area is 173 Å². The number of aromatic nitrogens is 3. The van der Waals surface area contributed by atoms with Crippen LogP contribution in [-0.2, 0) is 30.5 Å². The zero-order valence-electron chi connectivity index (χ0n) is 17.1. The summed E-state index contributed by atoms with van der Waals surface area (Å²) in [6, 6.07) is 5.32. The van der Waals surface area contributed by atoms with Crippen LogP contribution in [0.1, 0.15) is 61.2 Å². The third-order valence-electron chi connectivity index (χ3n) is 5.80. The lowest BCUT2D eigenvalue weighted by Crippen LogP contribution is -2.34. The molecule has 2 heterocycles. The quantitative estimate of drug-likeness (QED) is 0.688. The highest BCUT2D eigenvalue weighted by Gasteiger charge is 2.25. The maximum Gasteiger partial charge on any atom is 0.279 e. The Kier molecular flexibility index (Phi) is 5.50. The molecule has 1 aromatic carbocycles. The number of nitrogens with one attached hydrogen (secondary N) is 1. The highest BCUT2D eigenvalue weighted by molar-refractivity contribution is 7.18. The average Bonchev–Trinajstić information content (AvgIpc) is 3.13. The van der Waals surface area contributed by atoms with E-state index in [0.29, 0.717) is 10.2 Å². The number of amides is 1. The summed E-state index contributed by atoms with van der Waals surface area (Å²) in [5.41, 5.74) is 3.93. The van der Waals surface area contributed by atoms with Gasteiger partial charge in [0.2, 0.25) is 5.91 Å². The molecule has 1 aliphatic rings. The van der Waals surface area contributed by atoms with Crippen LogP contribution in [0.5, 0.6) is 0 Å². The molecule has 0 spiro atoms. The summed E-state index contributed by atoms with van der Waals surface area (Å²) < 4.78 is 1.24. The van der Waals surface area contributed by atoms with Crippen LogP contribution < -0.4 is 10.9 Å². The van der Waals surface area contributed by atoms with Crippen LogP contribution in [0.3, 0.4) is 0 Å². The van der Waals surface area contributed by atoms with Crippen LogP contribution in [0, 0.1) is 0 Å². The van der Waals surface area contributed by atoms with Crippen molar-refractivity contribution in [2.75, 3.05) is 5.32 Å². The second-order valence-corrected chi connectivity index (χ2v) is 8.64. The van der Waals surface area contributed by atoms with Crippen LogP contribution in [0.15, 0.2) is 23.0 Å². The molecular weight excluding hydrogens is 384 g/mol. The van der Waals surface area contributed by atoms with Gasteiger partial charge in [0.05, 0.1) is 5.39 Å². The third kappa shape index (κ3) is 3.48. The Balaban J connectivity index is 1.69. The Morgan fingerprint density at radius 1 is 1.21 bits per heavy atom. The molecule has 1 amide bonds. The minimum absolute atomic E-state index is 0.212. The largest absolute Gasteiger partial charge is 0.324 e. The number of hydrogen-bond acceptors (Lipinski definition) is 5. The van der Waals surface area contributed by atoms with Crippen LogP contribution in [0.25, 0.3) is 10.2 Å². The van der Waals surface area contributed by atoms with E-state index in [-0.39, 0.29) is 11.5 Å². The summed E-state index contributed by atoms with van der Waals surface area (Å²) in [7, 11) is 0. The molecule has 0 bridgehead atoms. The Bertz CT molecular complexity index is 1110.